The number of carbonyl (C=O) groups excluding carboxylic acids is 1. The van der Waals surface area contributed by atoms with Gasteiger partial charge in [0.25, 0.3) is 5.91 Å². The minimum absolute atomic E-state index is 0.108. The van der Waals surface area contributed by atoms with Gasteiger partial charge in [-0.05, 0) is 24.3 Å². The van der Waals surface area contributed by atoms with Gasteiger partial charge in [0.15, 0.2) is 5.76 Å². The molecule has 11 nitrogen and oxygen atoms in total. The quantitative estimate of drug-likeness (QED) is 0.446. The number of amides is 1. The van der Waals surface area contributed by atoms with Crippen molar-refractivity contribution in [2.75, 3.05) is 25.5 Å². The fraction of sp³-hybridized carbons (Fsp3) is 0.250. The van der Waals surface area contributed by atoms with Gasteiger partial charge in [-0.2, -0.15) is 0 Å². The van der Waals surface area contributed by atoms with Crippen molar-refractivity contribution in [3.8, 4) is 28.7 Å². The van der Waals surface area contributed by atoms with E-state index in [4.69, 9.17) is 9.26 Å². The summed E-state index contributed by atoms with van der Waals surface area (Å²) in [5, 5.41) is 18.1. The highest BCUT2D eigenvalue weighted by atomic mass is 16.5. The SMILES string of the molecule is CN1CCC(O)(c2cc(-c3cccc(-c4ccnc(Nc5ccnc6c5CCO6)n4)n3)no2)C1=O. The lowest BCUT2D eigenvalue weighted by Crippen LogP contribution is -2.35. The van der Waals surface area contributed by atoms with Gasteiger partial charge >= 0.3 is 0 Å². The Morgan fingerprint density at radius 3 is 2.69 bits per heavy atom. The number of hydrogen-bond acceptors (Lipinski definition) is 10. The highest BCUT2D eigenvalue weighted by Gasteiger charge is 2.48. The van der Waals surface area contributed by atoms with Crippen LogP contribution >= 0.6 is 0 Å². The molecule has 0 saturated carbocycles. The molecular formula is C24H21N7O4. The highest BCUT2D eigenvalue weighted by Crippen LogP contribution is 2.35. The lowest BCUT2D eigenvalue weighted by atomic mass is 9.98. The predicted octanol–water partition coefficient (Wildman–Crippen LogP) is 2.32. The number of rotatable bonds is 5. The lowest BCUT2D eigenvalue weighted by molar-refractivity contribution is -0.144. The number of anilines is 2. The van der Waals surface area contributed by atoms with Gasteiger partial charge in [0.2, 0.25) is 17.4 Å². The summed E-state index contributed by atoms with van der Waals surface area (Å²) >= 11 is 0. The number of pyridine rings is 2. The molecule has 2 aliphatic heterocycles. The van der Waals surface area contributed by atoms with Crippen molar-refractivity contribution in [3.63, 3.8) is 0 Å². The Labute approximate surface area is 199 Å². The number of likely N-dealkylation sites (N-methyl/N-ethyl adjacent to an activating group) is 1. The second-order valence-corrected chi connectivity index (χ2v) is 8.45. The number of nitrogens with zero attached hydrogens (tertiary/aromatic N) is 6. The molecule has 0 radical (unpaired) electrons. The molecule has 6 rings (SSSR count). The van der Waals surface area contributed by atoms with Gasteiger partial charge < -0.3 is 24.6 Å². The zero-order valence-electron chi connectivity index (χ0n) is 18.8. The third-order valence-corrected chi connectivity index (χ3v) is 6.21. The number of aromatic nitrogens is 5. The van der Waals surface area contributed by atoms with Crippen LogP contribution in [0.3, 0.4) is 0 Å². The summed E-state index contributed by atoms with van der Waals surface area (Å²) in [7, 11) is 1.64. The minimum atomic E-state index is -1.71. The first-order valence-electron chi connectivity index (χ1n) is 11.1. The summed E-state index contributed by atoms with van der Waals surface area (Å²) < 4.78 is 10.9. The largest absolute Gasteiger partial charge is 0.477 e. The molecule has 1 fully saturated rings. The van der Waals surface area contributed by atoms with Crippen LogP contribution in [0.1, 0.15) is 17.7 Å². The first-order chi connectivity index (χ1) is 17.0. The number of hydrogen-bond donors (Lipinski definition) is 2. The van der Waals surface area contributed by atoms with Crippen molar-refractivity contribution in [2.45, 2.75) is 18.4 Å². The Morgan fingerprint density at radius 1 is 1.06 bits per heavy atom. The van der Waals surface area contributed by atoms with Gasteiger partial charge in [-0.1, -0.05) is 11.2 Å². The summed E-state index contributed by atoms with van der Waals surface area (Å²) in [5.41, 5.74) is 2.30. The van der Waals surface area contributed by atoms with Crippen LogP contribution in [0.2, 0.25) is 0 Å². The van der Waals surface area contributed by atoms with Crippen LogP contribution in [-0.4, -0.2) is 61.2 Å². The molecule has 0 bridgehead atoms. The lowest BCUT2D eigenvalue weighted by Gasteiger charge is -2.16. The van der Waals surface area contributed by atoms with Gasteiger partial charge in [0, 0.05) is 50.5 Å². The van der Waals surface area contributed by atoms with Gasteiger partial charge in [0.1, 0.15) is 5.69 Å². The fourth-order valence-corrected chi connectivity index (χ4v) is 4.28. The predicted molar refractivity (Wildman–Crippen MR) is 124 cm³/mol. The third-order valence-electron chi connectivity index (χ3n) is 6.21. The molecule has 4 aromatic heterocycles. The number of likely N-dealkylation sites (tertiary alicyclic amines) is 1. The maximum absolute atomic E-state index is 12.4. The Morgan fingerprint density at radius 2 is 1.86 bits per heavy atom. The normalized spacial score (nSPS) is 19.0. The van der Waals surface area contributed by atoms with E-state index in [1.807, 2.05) is 18.2 Å². The zero-order valence-corrected chi connectivity index (χ0v) is 18.8. The number of carbonyl (C=O) groups is 1. The molecule has 0 aliphatic carbocycles. The maximum Gasteiger partial charge on any atom is 0.262 e. The second kappa shape index (κ2) is 8.13. The van der Waals surface area contributed by atoms with E-state index in [0.29, 0.717) is 47.8 Å². The van der Waals surface area contributed by atoms with Crippen molar-refractivity contribution >= 4 is 17.5 Å². The van der Waals surface area contributed by atoms with E-state index in [9.17, 15) is 9.90 Å². The number of fused-ring (bicyclic) bond motifs is 1. The van der Waals surface area contributed by atoms with E-state index in [1.165, 1.54) is 4.90 Å². The topological polar surface area (TPSA) is 139 Å². The van der Waals surface area contributed by atoms with Gasteiger partial charge in [-0.25, -0.2) is 19.9 Å². The van der Waals surface area contributed by atoms with E-state index in [1.54, 1.807) is 37.6 Å². The zero-order chi connectivity index (χ0) is 24.0. The monoisotopic (exact) mass is 471 g/mol. The smallest absolute Gasteiger partial charge is 0.262 e. The number of ether oxygens (including phenoxy) is 1. The van der Waals surface area contributed by atoms with Crippen molar-refractivity contribution in [3.05, 3.63) is 60.1 Å². The fourth-order valence-electron chi connectivity index (χ4n) is 4.28. The molecule has 1 atom stereocenters. The molecule has 0 aromatic carbocycles. The third kappa shape index (κ3) is 3.66. The van der Waals surface area contributed by atoms with Crippen LogP contribution in [0.15, 0.2) is 53.3 Å². The summed E-state index contributed by atoms with van der Waals surface area (Å²) in [4.78, 5) is 31.7. The Hall–Kier alpha value is -4.38. The van der Waals surface area contributed by atoms with Crippen LogP contribution in [0.4, 0.5) is 11.6 Å². The molecular weight excluding hydrogens is 450 g/mol. The molecule has 4 aromatic rings. The van der Waals surface area contributed by atoms with Crippen LogP contribution in [-0.2, 0) is 16.8 Å². The van der Waals surface area contributed by atoms with E-state index in [-0.39, 0.29) is 12.2 Å². The number of nitrogens with one attached hydrogen (secondary N) is 1. The summed E-state index contributed by atoms with van der Waals surface area (Å²) in [6, 6.07) is 10.6. The van der Waals surface area contributed by atoms with E-state index in [2.05, 4.69) is 30.4 Å². The van der Waals surface area contributed by atoms with Crippen molar-refractivity contribution in [1.29, 1.82) is 0 Å². The second-order valence-electron chi connectivity index (χ2n) is 8.45. The average molecular weight is 471 g/mol. The minimum Gasteiger partial charge on any atom is -0.477 e. The number of aliphatic hydroxyl groups is 1. The van der Waals surface area contributed by atoms with Crippen molar-refractivity contribution in [2.24, 2.45) is 0 Å². The van der Waals surface area contributed by atoms with E-state index < -0.39 is 11.5 Å². The van der Waals surface area contributed by atoms with Gasteiger partial charge in [-0.3, -0.25) is 4.79 Å². The highest BCUT2D eigenvalue weighted by molar-refractivity contribution is 5.87. The molecule has 2 N–H and O–H groups in total. The summed E-state index contributed by atoms with van der Waals surface area (Å²) in [6.45, 7) is 1.04. The van der Waals surface area contributed by atoms with E-state index >= 15 is 0 Å². The van der Waals surface area contributed by atoms with Crippen molar-refractivity contribution < 1.29 is 19.2 Å². The molecule has 176 valence electrons. The van der Waals surface area contributed by atoms with E-state index in [0.717, 1.165) is 17.7 Å². The Balaban J connectivity index is 1.27. The summed E-state index contributed by atoms with van der Waals surface area (Å²) in [5.74, 6) is 0.749. The average Bonchev–Trinajstić information content (AvgIpc) is 3.62. The van der Waals surface area contributed by atoms with Crippen LogP contribution in [0.5, 0.6) is 5.88 Å². The molecule has 1 amide bonds. The first-order valence-corrected chi connectivity index (χ1v) is 11.1. The molecule has 1 saturated heterocycles. The molecule has 2 aliphatic rings. The Kier molecular flexibility index (Phi) is 4.92. The van der Waals surface area contributed by atoms with Gasteiger partial charge in [-0.15, -0.1) is 0 Å². The molecule has 11 heteroatoms. The standard InChI is InChI=1S/C24H21N7O4/c1-31-11-8-24(33,22(31)32)20-13-19(30-35-20)17-4-2-3-16(27-17)18-6-10-26-23(29-18)28-15-5-9-25-21-14(15)7-12-34-21/h2-6,9-10,13,33H,7-8,11-12H2,1H3,(H,25,26,28,29). The van der Waals surface area contributed by atoms with Gasteiger partial charge in [0.05, 0.1) is 29.4 Å². The first kappa shape index (κ1) is 21.2. The van der Waals surface area contributed by atoms with Crippen LogP contribution < -0.4 is 10.1 Å². The summed E-state index contributed by atoms with van der Waals surface area (Å²) in [6.07, 6.45) is 4.35. The van der Waals surface area contributed by atoms with Crippen LogP contribution in [0.25, 0.3) is 22.8 Å². The maximum atomic E-state index is 12.4. The molecule has 35 heavy (non-hydrogen) atoms. The molecule has 1 unspecified atom stereocenters. The van der Waals surface area contributed by atoms with Crippen LogP contribution in [0, 0.1) is 0 Å². The molecule has 0 spiro atoms. The van der Waals surface area contributed by atoms with Crippen molar-refractivity contribution in [1.82, 2.24) is 30.0 Å². The molecule has 6 heterocycles. The Bertz CT molecular complexity index is 1440.